The van der Waals surface area contributed by atoms with Crippen LogP contribution in [0, 0.1) is 0 Å². The Morgan fingerprint density at radius 2 is 2.00 bits per heavy atom. The summed E-state index contributed by atoms with van der Waals surface area (Å²) in [5, 5.41) is 19.3. The van der Waals surface area contributed by atoms with Gasteiger partial charge >= 0.3 is 6.09 Å². The number of rotatable bonds is 4. The van der Waals surface area contributed by atoms with E-state index in [2.05, 4.69) is 20.6 Å². The second-order valence-electron chi connectivity index (χ2n) is 8.55. The molecule has 0 aliphatic carbocycles. The zero-order valence-electron chi connectivity index (χ0n) is 19.0. The molecule has 0 saturated carbocycles. The summed E-state index contributed by atoms with van der Waals surface area (Å²) in [6.07, 6.45) is 2.29. The summed E-state index contributed by atoms with van der Waals surface area (Å²) < 4.78 is 11.7. The van der Waals surface area contributed by atoms with Crippen molar-refractivity contribution in [2.24, 2.45) is 5.16 Å². The molecule has 0 atom stereocenters. The lowest BCUT2D eigenvalue weighted by atomic mass is 9.93. The van der Waals surface area contributed by atoms with E-state index in [0.29, 0.717) is 31.6 Å². The van der Waals surface area contributed by atoms with Crippen molar-refractivity contribution in [1.29, 1.82) is 0 Å². The lowest BCUT2D eigenvalue weighted by molar-refractivity contribution is -0.123. The molecule has 2 amide bonds. The number of nitrogens with one attached hydrogen (secondary N) is 2. The number of hydrogen-bond acceptors (Lipinski definition) is 8. The van der Waals surface area contributed by atoms with E-state index >= 15 is 0 Å². The Kier molecular flexibility index (Phi) is 8.45. The van der Waals surface area contributed by atoms with Crippen molar-refractivity contribution in [1.82, 2.24) is 24.8 Å². The van der Waals surface area contributed by atoms with Crippen LogP contribution in [0.15, 0.2) is 22.2 Å². The number of carbonyl (C=O) groups excluding carboxylic acids is 2. The second-order valence-corrected chi connectivity index (χ2v) is 8.55. The lowest BCUT2D eigenvalue weighted by Crippen LogP contribution is -2.41. The predicted octanol–water partition coefficient (Wildman–Crippen LogP) is 1.46. The number of carbonyl (C=O) groups is 2. The number of piperidine rings is 1. The van der Waals surface area contributed by atoms with Crippen LogP contribution in [-0.4, -0.2) is 74.9 Å². The van der Waals surface area contributed by atoms with E-state index in [1.807, 2.05) is 20.8 Å². The molecule has 3 heterocycles. The summed E-state index contributed by atoms with van der Waals surface area (Å²) >= 11 is 0. The number of halogens is 1. The van der Waals surface area contributed by atoms with Crippen LogP contribution < -0.4 is 10.9 Å². The molecular formula is C20H29ClN6O6. The van der Waals surface area contributed by atoms with Gasteiger partial charge in [0.1, 0.15) is 17.9 Å². The highest BCUT2D eigenvalue weighted by molar-refractivity contribution is 6.10. The molecule has 1 saturated heterocycles. The Labute approximate surface area is 196 Å². The SMILES string of the molecule is COCC(=O)N/C(=N/O)c1cnn2c(C3CCN(C(=O)OC(C)(C)C)CC3)cc(=O)[nH]c12.Cl. The largest absolute Gasteiger partial charge is 0.444 e. The third kappa shape index (κ3) is 6.23. The van der Waals surface area contributed by atoms with Crippen LogP contribution in [0.25, 0.3) is 5.65 Å². The predicted molar refractivity (Wildman–Crippen MR) is 121 cm³/mol. The van der Waals surface area contributed by atoms with Gasteiger partial charge in [0.2, 0.25) is 0 Å². The average molecular weight is 485 g/mol. The van der Waals surface area contributed by atoms with E-state index in [1.165, 1.54) is 19.4 Å². The highest BCUT2D eigenvalue weighted by Crippen LogP contribution is 2.28. The highest BCUT2D eigenvalue weighted by Gasteiger charge is 2.29. The molecule has 0 spiro atoms. The number of amidine groups is 1. The molecule has 0 aromatic carbocycles. The van der Waals surface area contributed by atoms with Crippen LogP contribution in [0.1, 0.15) is 50.8 Å². The molecule has 1 aliphatic rings. The topological polar surface area (TPSA) is 151 Å². The molecular weight excluding hydrogens is 456 g/mol. The number of methoxy groups -OCH3 is 1. The maximum Gasteiger partial charge on any atom is 0.410 e. The molecule has 0 radical (unpaired) electrons. The third-order valence-corrected chi connectivity index (χ3v) is 4.99. The Bertz CT molecular complexity index is 1080. The van der Waals surface area contributed by atoms with Gasteiger partial charge in [-0.15, -0.1) is 12.4 Å². The fourth-order valence-electron chi connectivity index (χ4n) is 3.61. The van der Waals surface area contributed by atoms with E-state index < -0.39 is 11.5 Å². The van der Waals surface area contributed by atoms with Crippen molar-refractivity contribution in [2.45, 2.75) is 45.1 Å². The van der Waals surface area contributed by atoms with Crippen LogP contribution in [0.4, 0.5) is 4.79 Å². The van der Waals surface area contributed by atoms with Gasteiger partial charge in [-0.25, -0.2) is 9.31 Å². The van der Waals surface area contributed by atoms with Gasteiger partial charge in [-0.2, -0.15) is 5.10 Å². The van der Waals surface area contributed by atoms with Gasteiger partial charge in [0.25, 0.3) is 11.5 Å². The van der Waals surface area contributed by atoms with E-state index in [4.69, 9.17) is 9.47 Å². The standard InChI is InChI=1S/C20H28N6O6.ClH/c1-20(2,3)32-19(29)25-7-5-12(6-8-25)14-9-15(27)23-18-13(10-21-26(14)18)17(24-30)22-16(28)11-31-4;/h9-10,12,30H,5-8,11H2,1-4H3,(H,23,27)(H,22,24,28);1H. The van der Waals surface area contributed by atoms with Gasteiger partial charge in [0, 0.05) is 32.2 Å². The molecule has 1 fully saturated rings. The summed E-state index contributed by atoms with van der Waals surface area (Å²) in [5.41, 5.74) is 0.279. The number of amides is 2. The average Bonchev–Trinajstić information content (AvgIpc) is 3.14. The summed E-state index contributed by atoms with van der Waals surface area (Å²) in [6, 6.07) is 1.47. The minimum Gasteiger partial charge on any atom is -0.444 e. The first-order valence-electron chi connectivity index (χ1n) is 10.2. The first-order chi connectivity index (χ1) is 15.1. The quantitative estimate of drug-likeness (QED) is 0.257. The van der Waals surface area contributed by atoms with Crippen molar-refractivity contribution in [2.75, 3.05) is 26.8 Å². The Balaban J connectivity index is 0.00000385. The number of likely N-dealkylation sites (tertiary alicyclic amines) is 1. The van der Waals surface area contributed by atoms with E-state index in [0.717, 1.165) is 0 Å². The number of fused-ring (bicyclic) bond motifs is 1. The summed E-state index contributed by atoms with van der Waals surface area (Å²) in [4.78, 5) is 40.9. The fourth-order valence-corrected chi connectivity index (χ4v) is 3.61. The van der Waals surface area contributed by atoms with E-state index in [1.54, 1.807) is 9.42 Å². The number of hydrogen-bond donors (Lipinski definition) is 3. The van der Waals surface area contributed by atoms with E-state index in [9.17, 15) is 19.6 Å². The molecule has 2 aromatic heterocycles. The maximum atomic E-state index is 12.4. The van der Waals surface area contributed by atoms with Gasteiger partial charge in [0.15, 0.2) is 5.84 Å². The highest BCUT2D eigenvalue weighted by atomic mass is 35.5. The Morgan fingerprint density at radius 1 is 1.33 bits per heavy atom. The Morgan fingerprint density at radius 3 is 2.58 bits per heavy atom. The van der Waals surface area contributed by atoms with Crippen LogP contribution >= 0.6 is 12.4 Å². The van der Waals surface area contributed by atoms with Gasteiger partial charge in [-0.1, -0.05) is 5.16 Å². The third-order valence-electron chi connectivity index (χ3n) is 4.99. The van der Waals surface area contributed by atoms with Crippen molar-refractivity contribution >= 4 is 35.9 Å². The number of nitrogens with zero attached hydrogens (tertiary/aromatic N) is 4. The summed E-state index contributed by atoms with van der Waals surface area (Å²) in [6.45, 7) is 6.21. The van der Waals surface area contributed by atoms with Crippen LogP contribution in [0.3, 0.4) is 0 Å². The number of H-pyrrole nitrogens is 1. The lowest BCUT2D eigenvalue weighted by Gasteiger charge is -2.33. The zero-order valence-corrected chi connectivity index (χ0v) is 19.8. The first-order valence-corrected chi connectivity index (χ1v) is 10.2. The van der Waals surface area contributed by atoms with Crippen LogP contribution in [-0.2, 0) is 14.3 Å². The van der Waals surface area contributed by atoms with Crippen molar-refractivity contribution < 1.29 is 24.3 Å². The molecule has 0 bridgehead atoms. The molecule has 1 aliphatic heterocycles. The molecule has 13 heteroatoms. The van der Waals surface area contributed by atoms with Crippen molar-refractivity contribution in [3.05, 3.63) is 33.9 Å². The summed E-state index contributed by atoms with van der Waals surface area (Å²) in [5.74, 6) is -0.703. The number of aromatic amines is 1. The van der Waals surface area contributed by atoms with Crippen molar-refractivity contribution in [3.8, 4) is 0 Å². The molecule has 3 N–H and O–H groups in total. The second kappa shape index (κ2) is 10.7. The molecule has 2 aromatic rings. The monoisotopic (exact) mass is 484 g/mol. The number of ether oxygens (including phenoxy) is 2. The van der Waals surface area contributed by atoms with Crippen LogP contribution in [0.2, 0.25) is 0 Å². The van der Waals surface area contributed by atoms with Gasteiger partial charge in [-0.3, -0.25) is 9.59 Å². The minimum atomic E-state index is -0.567. The molecule has 182 valence electrons. The molecule has 3 rings (SSSR count). The Hall–Kier alpha value is -3.12. The fraction of sp³-hybridized carbons (Fsp3) is 0.550. The minimum absolute atomic E-state index is 0. The van der Waals surface area contributed by atoms with Crippen LogP contribution in [0.5, 0.6) is 0 Å². The molecule has 0 unspecified atom stereocenters. The van der Waals surface area contributed by atoms with Gasteiger partial charge in [0.05, 0.1) is 17.5 Å². The first kappa shape index (κ1) is 26.1. The van der Waals surface area contributed by atoms with Crippen molar-refractivity contribution in [3.63, 3.8) is 0 Å². The molecule has 12 nitrogen and oxygen atoms in total. The number of aromatic nitrogens is 3. The van der Waals surface area contributed by atoms with Gasteiger partial charge < -0.3 is 29.9 Å². The van der Waals surface area contributed by atoms with Gasteiger partial charge in [-0.05, 0) is 33.6 Å². The summed E-state index contributed by atoms with van der Waals surface area (Å²) in [7, 11) is 1.36. The normalized spacial score (nSPS) is 15.3. The molecule has 33 heavy (non-hydrogen) atoms. The number of oxime groups is 1. The zero-order chi connectivity index (χ0) is 23.5. The van der Waals surface area contributed by atoms with E-state index in [-0.39, 0.29) is 53.6 Å². The smallest absolute Gasteiger partial charge is 0.410 e. The maximum absolute atomic E-state index is 12.4.